The molecule has 0 saturated carbocycles. The average Bonchev–Trinajstić information content (AvgIpc) is 2.65. The summed E-state index contributed by atoms with van der Waals surface area (Å²) in [6.07, 6.45) is 0. The van der Waals surface area contributed by atoms with Crippen molar-refractivity contribution in [2.45, 2.75) is 18.7 Å². The summed E-state index contributed by atoms with van der Waals surface area (Å²) in [5, 5.41) is 3.05. The van der Waals surface area contributed by atoms with Crippen LogP contribution in [-0.2, 0) is 10.0 Å². The Labute approximate surface area is 169 Å². The molecule has 0 aromatic heterocycles. The normalized spacial score (nSPS) is 11.1. The zero-order chi connectivity index (χ0) is 20.3. The molecule has 3 aromatic rings. The summed E-state index contributed by atoms with van der Waals surface area (Å²) < 4.78 is 27.8. The summed E-state index contributed by atoms with van der Waals surface area (Å²) in [6.45, 7) is 3.76. The largest absolute Gasteiger partial charge is 0.322 e. The number of halogens is 1. The Bertz CT molecular complexity index is 1140. The highest BCUT2D eigenvalue weighted by Crippen LogP contribution is 2.25. The van der Waals surface area contributed by atoms with Crippen molar-refractivity contribution >= 4 is 38.9 Å². The Kier molecular flexibility index (Phi) is 5.72. The Hall–Kier alpha value is -2.83. The van der Waals surface area contributed by atoms with Gasteiger partial charge in [-0.2, -0.15) is 0 Å². The molecule has 2 N–H and O–H groups in total. The lowest BCUT2D eigenvalue weighted by molar-refractivity contribution is 0.102. The number of aryl methyl sites for hydroxylation is 2. The molecule has 0 atom stereocenters. The van der Waals surface area contributed by atoms with Crippen molar-refractivity contribution in [2.24, 2.45) is 0 Å². The fraction of sp³-hybridized carbons (Fsp3) is 0.0952. The Morgan fingerprint density at radius 2 is 1.68 bits per heavy atom. The summed E-state index contributed by atoms with van der Waals surface area (Å²) in [4.78, 5) is 12.6. The molecule has 0 radical (unpaired) electrons. The fourth-order valence-electron chi connectivity index (χ4n) is 2.67. The molecule has 0 aliphatic rings. The van der Waals surface area contributed by atoms with Crippen molar-refractivity contribution in [1.29, 1.82) is 0 Å². The van der Waals surface area contributed by atoms with E-state index in [1.807, 2.05) is 26.0 Å². The first-order valence-corrected chi connectivity index (χ1v) is 10.4. The van der Waals surface area contributed by atoms with Crippen LogP contribution in [0.1, 0.15) is 21.5 Å². The van der Waals surface area contributed by atoms with E-state index in [0.717, 1.165) is 11.1 Å². The molecule has 3 rings (SSSR count). The van der Waals surface area contributed by atoms with E-state index in [0.29, 0.717) is 16.3 Å². The van der Waals surface area contributed by atoms with Crippen LogP contribution < -0.4 is 10.0 Å². The lowest BCUT2D eigenvalue weighted by atomic mass is 10.1. The fourth-order valence-corrected chi connectivity index (χ4v) is 4.03. The molecule has 28 heavy (non-hydrogen) atoms. The smallest absolute Gasteiger partial charge is 0.262 e. The molecule has 7 heteroatoms. The van der Waals surface area contributed by atoms with Crippen LogP contribution in [0.3, 0.4) is 0 Å². The molecule has 0 saturated heterocycles. The standard InChI is InChI=1S/C21H19ClN2O3S/c1-14-10-11-15(2)18(12-14)21(25)23-16-6-5-7-17(13-16)28(26,27)24-20-9-4-3-8-19(20)22/h3-13,24H,1-2H3,(H,23,25). The second kappa shape index (κ2) is 8.04. The van der Waals surface area contributed by atoms with Gasteiger partial charge in [-0.1, -0.05) is 47.5 Å². The predicted octanol–water partition coefficient (Wildman–Crippen LogP) is 5.01. The van der Waals surface area contributed by atoms with Crippen molar-refractivity contribution in [3.05, 3.63) is 88.4 Å². The van der Waals surface area contributed by atoms with Crippen LogP contribution in [0.25, 0.3) is 0 Å². The van der Waals surface area contributed by atoms with Gasteiger partial charge in [0.2, 0.25) is 0 Å². The molecule has 0 fully saturated rings. The number of rotatable bonds is 5. The van der Waals surface area contributed by atoms with Crippen molar-refractivity contribution in [2.75, 3.05) is 10.0 Å². The van der Waals surface area contributed by atoms with Crippen LogP contribution >= 0.6 is 11.6 Å². The Morgan fingerprint density at radius 3 is 2.43 bits per heavy atom. The van der Waals surface area contributed by atoms with Crippen LogP contribution in [0, 0.1) is 13.8 Å². The van der Waals surface area contributed by atoms with Gasteiger partial charge in [0, 0.05) is 11.3 Å². The summed E-state index contributed by atoms with van der Waals surface area (Å²) in [6, 6.07) is 18.2. The number of carbonyl (C=O) groups is 1. The van der Waals surface area contributed by atoms with E-state index in [-0.39, 0.29) is 16.5 Å². The number of hydrogen-bond donors (Lipinski definition) is 2. The second-order valence-electron chi connectivity index (χ2n) is 6.39. The van der Waals surface area contributed by atoms with Gasteiger partial charge in [-0.15, -0.1) is 0 Å². The number of hydrogen-bond acceptors (Lipinski definition) is 3. The van der Waals surface area contributed by atoms with Crippen molar-refractivity contribution in [3.8, 4) is 0 Å². The summed E-state index contributed by atoms with van der Waals surface area (Å²) in [5.74, 6) is -0.296. The third-order valence-corrected chi connectivity index (χ3v) is 5.85. The third kappa shape index (κ3) is 4.52. The summed E-state index contributed by atoms with van der Waals surface area (Å²) in [7, 11) is -3.86. The van der Waals surface area contributed by atoms with E-state index < -0.39 is 10.0 Å². The lowest BCUT2D eigenvalue weighted by Crippen LogP contribution is -2.16. The van der Waals surface area contributed by atoms with Crippen LogP contribution in [-0.4, -0.2) is 14.3 Å². The van der Waals surface area contributed by atoms with Crippen LogP contribution in [0.15, 0.2) is 71.6 Å². The van der Waals surface area contributed by atoms with Gasteiger partial charge >= 0.3 is 0 Å². The third-order valence-electron chi connectivity index (χ3n) is 4.16. The molecule has 0 aliphatic heterocycles. The van der Waals surface area contributed by atoms with Gasteiger partial charge in [-0.3, -0.25) is 9.52 Å². The predicted molar refractivity (Wildman–Crippen MR) is 113 cm³/mol. The van der Waals surface area contributed by atoms with E-state index >= 15 is 0 Å². The number of sulfonamides is 1. The molecular formula is C21H19ClN2O3S. The highest BCUT2D eigenvalue weighted by atomic mass is 35.5. The minimum atomic E-state index is -3.86. The molecule has 0 bridgehead atoms. The van der Waals surface area contributed by atoms with E-state index in [1.165, 1.54) is 12.1 Å². The van der Waals surface area contributed by atoms with Gasteiger partial charge in [0.15, 0.2) is 0 Å². The SMILES string of the molecule is Cc1ccc(C)c(C(=O)Nc2cccc(S(=O)(=O)Nc3ccccc3Cl)c2)c1. The van der Waals surface area contributed by atoms with Crippen LogP contribution in [0.4, 0.5) is 11.4 Å². The number of nitrogens with one attached hydrogen (secondary N) is 2. The first-order valence-electron chi connectivity index (χ1n) is 8.52. The van der Waals surface area contributed by atoms with Crippen LogP contribution in [0.5, 0.6) is 0 Å². The van der Waals surface area contributed by atoms with E-state index in [4.69, 9.17) is 11.6 Å². The monoisotopic (exact) mass is 414 g/mol. The van der Waals surface area contributed by atoms with E-state index in [1.54, 1.807) is 42.5 Å². The maximum atomic E-state index is 12.7. The molecule has 3 aromatic carbocycles. The number of carbonyl (C=O) groups excluding carboxylic acids is 1. The summed E-state index contributed by atoms with van der Waals surface area (Å²) >= 11 is 6.03. The second-order valence-corrected chi connectivity index (χ2v) is 8.48. The molecule has 0 spiro atoms. The quantitative estimate of drug-likeness (QED) is 0.616. The molecule has 0 aliphatic carbocycles. The highest BCUT2D eigenvalue weighted by Gasteiger charge is 2.17. The van der Waals surface area contributed by atoms with Gasteiger partial charge in [-0.05, 0) is 55.8 Å². The minimum Gasteiger partial charge on any atom is -0.322 e. The van der Waals surface area contributed by atoms with Crippen molar-refractivity contribution < 1.29 is 13.2 Å². The maximum absolute atomic E-state index is 12.7. The Balaban J connectivity index is 1.85. The molecule has 5 nitrogen and oxygen atoms in total. The maximum Gasteiger partial charge on any atom is 0.262 e. The minimum absolute atomic E-state index is 0.0196. The van der Waals surface area contributed by atoms with Gasteiger partial charge in [-0.25, -0.2) is 8.42 Å². The first-order chi connectivity index (χ1) is 13.3. The van der Waals surface area contributed by atoms with Gasteiger partial charge in [0.1, 0.15) is 0 Å². The Morgan fingerprint density at radius 1 is 0.929 bits per heavy atom. The van der Waals surface area contributed by atoms with Gasteiger partial charge in [0.05, 0.1) is 15.6 Å². The number of benzene rings is 3. The molecular weight excluding hydrogens is 396 g/mol. The molecule has 144 valence electrons. The highest BCUT2D eigenvalue weighted by molar-refractivity contribution is 7.92. The molecule has 1 amide bonds. The van der Waals surface area contributed by atoms with E-state index in [9.17, 15) is 13.2 Å². The topological polar surface area (TPSA) is 75.3 Å². The molecule has 0 unspecified atom stereocenters. The average molecular weight is 415 g/mol. The number of para-hydroxylation sites is 1. The number of amides is 1. The lowest BCUT2D eigenvalue weighted by Gasteiger charge is -2.12. The van der Waals surface area contributed by atoms with Crippen molar-refractivity contribution in [3.63, 3.8) is 0 Å². The number of anilines is 2. The van der Waals surface area contributed by atoms with Crippen LogP contribution in [0.2, 0.25) is 5.02 Å². The zero-order valence-electron chi connectivity index (χ0n) is 15.4. The van der Waals surface area contributed by atoms with Gasteiger partial charge in [0.25, 0.3) is 15.9 Å². The molecule has 0 heterocycles. The van der Waals surface area contributed by atoms with E-state index in [2.05, 4.69) is 10.0 Å². The zero-order valence-corrected chi connectivity index (χ0v) is 16.9. The first kappa shape index (κ1) is 19.9. The van der Waals surface area contributed by atoms with Gasteiger partial charge < -0.3 is 5.32 Å². The van der Waals surface area contributed by atoms with Crippen molar-refractivity contribution in [1.82, 2.24) is 0 Å². The summed E-state index contributed by atoms with van der Waals surface area (Å²) in [5.41, 5.74) is 3.02.